The summed E-state index contributed by atoms with van der Waals surface area (Å²) in [6, 6.07) is 0.433. The van der Waals surface area contributed by atoms with Crippen molar-refractivity contribution in [3.05, 3.63) is 36.4 Å². The molecule has 2 amide bonds. The van der Waals surface area contributed by atoms with Gasteiger partial charge in [-0.3, -0.25) is 9.67 Å². The van der Waals surface area contributed by atoms with Crippen LogP contribution in [0.1, 0.15) is 25.7 Å². The van der Waals surface area contributed by atoms with Gasteiger partial charge in [-0.15, -0.1) is 0 Å². The molecule has 0 saturated heterocycles. The molecule has 0 aromatic carbocycles. The van der Waals surface area contributed by atoms with Crippen LogP contribution in [0, 0.1) is 11.7 Å². The number of hydrogen-bond acceptors (Lipinski definition) is 4. The van der Waals surface area contributed by atoms with Crippen LogP contribution >= 0.6 is 0 Å². The third-order valence-electron chi connectivity index (χ3n) is 2.94. The highest BCUT2D eigenvalue weighted by atomic mass is 19.1. The van der Waals surface area contributed by atoms with Gasteiger partial charge in [0.05, 0.1) is 24.1 Å². The highest BCUT2D eigenvalue weighted by Gasteiger charge is 2.22. The first-order chi connectivity index (χ1) is 9.97. The molecule has 0 aliphatic carbocycles. The average Bonchev–Trinajstić information content (AvgIpc) is 2.81. The van der Waals surface area contributed by atoms with Crippen LogP contribution in [0.15, 0.2) is 24.8 Å². The lowest BCUT2D eigenvalue weighted by Gasteiger charge is -2.21. The van der Waals surface area contributed by atoms with Crippen molar-refractivity contribution in [3.63, 3.8) is 0 Å². The SMILES string of the molecule is CC(C)[C@@H](NC(=O)Nc1cncc(F)c1)c1ncnn1C. The van der Waals surface area contributed by atoms with Crippen molar-refractivity contribution in [1.29, 1.82) is 0 Å². The van der Waals surface area contributed by atoms with Crippen molar-refractivity contribution in [2.24, 2.45) is 13.0 Å². The summed E-state index contributed by atoms with van der Waals surface area (Å²) in [5, 5.41) is 9.34. The largest absolute Gasteiger partial charge is 0.328 e. The molecule has 0 bridgehead atoms. The van der Waals surface area contributed by atoms with Gasteiger partial charge in [0.2, 0.25) is 0 Å². The zero-order valence-electron chi connectivity index (χ0n) is 12.0. The van der Waals surface area contributed by atoms with Gasteiger partial charge in [0, 0.05) is 13.1 Å². The molecule has 2 rings (SSSR count). The molecule has 2 heterocycles. The maximum absolute atomic E-state index is 13.0. The molecular formula is C13H17FN6O. The number of carbonyl (C=O) groups is 1. The van der Waals surface area contributed by atoms with Gasteiger partial charge in [0.25, 0.3) is 0 Å². The van der Waals surface area contributed by atoms with Crippen molar-refractivity contribution in [1.82, 2.24) is 25.1 Å². The molecule has 0 saturated carbocycles. The van der Waals surface area contributed by atoms with E-state index in [1.807, 2.05) is 13.8 Å². The van der Waals surface area contributed by atoms with Crippen LogP contribution in [0.2, 0.25) is 0 Å². The average molecular weight is 292 g/mol. The van der Waals surface area contributed by atoms with Crippen LogP contribution in [-0.2, 0) is 7.05 Å². The van der Waals surface area contributed by atoms with E-state index < -0.39 is 11.8 Å². The topological polar surface area (TPSA) is 84.7 Å². The molecule has 0 spiro atoms. The van der Waals surface area contributed by atoms with Gasteiger partial charge in [0.1, 0.15) is 18.0 Å². The second-order valence-electron chi connectivity index (χ2n) is 4.95. The smallest absolute Gasteiger partial charge is 0.319 e. The zero-order valence-corrected chi connectivity index (χ0v) is 12.0. The van der Waals surface area contributed by atoms with Crippen LogP contribution in [0.25, 0.3) is 0 Å². The minimum Gasteiger partial charge on any atom is -0.328 e. The van der Waals surface area contributed by atoms with Crippen molar-refractivity contribution >= 4 is 11.7 Å². The minimum absolute atomic E-state index is 0.115. The van der Waals surface area contributed by atoms with Crippen LogP contribution in [0.4, 0.5) is 14.9 Å². The number of aromatic nitrogens is 4. The summed E-state index contributed by atoms with van der Waals surface area (Å²) in [5.41, 5.74) is 0.285. The molecule has 0 aliphatic heterocycles. The number of hydrogen-bond donors (Lipinski definition) is 2. The van der Waals surface area contributed by atoms with E-state index in [4.69, 9.17) is 0 Å². The Labute approximate surface area is 121 Å². The molecule has 0 fully saturated rings. The van der Waals surface area contributed by atoms with E-state index >= 15 is 0 Å². The van der Waals surface area contributed by atoms with Gasteiger partial charge < -0.3 is 10.6 Å². The van der Waals surface area contributed by atoms with Crippen molar-refractivity contribution in [2.45, 2.75) is 19.9 Å². The molecule has 112 valence electrons. The van der Waals surface area contributed by atoms with Crippen LogP contribution in [0.3, 0.4) is 0 Å². The number of nitrogens with one attached hydrogen (secondary N) is 2. The van der Waals surface area contributed by atoms with E-state index in [-0.39, 0.29) is 17.6 Å². The van der Waals surface area contributed by atoms with E-state index in [1.165, 1.54) is 18.6 Å². The molecule has 8 heteroatoms. The lowest BCUT2D eigenvalue weighted by atomic mass is 10.0. The molecule has 0 unspecified atom stereocenters. The van der Waals surface area contributed by atoms with E-state index in [9.17, 15) is 9.18 Å². The molecule has 2 aromatic heterocycles. The predicted octanol–water partition coefficient (Wildman–Crippen LogP) is 1.87. The third-order valence-corrected chi connectivity index (χ3v) is 2.94. The van der Waals surface area contributed by atoms with E-state index in [1.54, 1.807) is 11.7 Å². The number of rotatable bonds is 4. The summed E-state index contributed by atoms with van der Waals surface area (Å²) in [6.45, 7) is 3.92. The number of pyridine rings is 1. The van der Waals surface area contributed by atoms with E-state index in [2.05, 4.69) is 25.7 Å². The Hall–Kier alpha value is -2.51. The van der Waals surface area contributed by atoms with E-state index in [0.717, 1.165) is 6.20 Å². The number of urea groups is 1. The summed E-state index contributed by atoms with van der Waals surface area (Å²) in [7, 11) is 1.76. The third kappa shape index (κ3) is 3.74. The Morgan fingerprint density at radius 1 is 1.38 bits per heavy atom. The number of nitrogens with zero attached hydrogens (tertiary/aromatic N) is 4. The highest BCUT2D eigenvalue weighted by Crippen LogP contribution is 2.19. The van der Waals surface area contributed by atoms with E-state index in [0.29, 0.717) is 5.82 Å². The molecule has 2 N–H and O–H groups in total. The zero-order chi connectivity index (χ0) is 15.4. The molecule has 21 heavy (non-hydrogen) atoms. The van der Waals surface area contributed by atoms with Gasteiger partial charge in [-0.05, 0) is 5.92 Å². The Balaban J connectivity index is 2.07. The lowest BCUT2D eigenvalue weighted by Crippen LogP contribution is -2.36. The normalized spacial score (nSPS) is 12.2. The van der Waals surface area contributed by atoms with Crippen molar-refractivity contribution in [2.75, 3.05) is 5.32 Å². The van der Waals surface area contributed by atoms with Gasteiger partial charge in [-0.25, -0.2) is 14.2 Å². The molecule has 2 aromatic rings. The minimum atomic E-state index is -0.512. The molecule has 0 radical (unpaired) electrons. The second kappa shape index (κ2) is 6.29. The number of halogens is 1. The number of aryl methyl sites for hydroxylation is 1. The van der Waals surface area contributed by atoms with Crippen LogP contribution in [0.5, 0.6) is 0 Å². The lowest BCUT2D eigenvalue weighted by molar-refractivity contribution is 0.243. The standard InChI is InChI=1S/C13H17FN6O/c1-8(2)11(12-16-7-17-20(12)3)19-13(21)18-10-4-9(14)5-15-6-10/h4-8,11H,1-3H3,(H2,18,19,21)/t11-/m1/s1. The summed E-state index contributed by atoms with van der Waals surface area (Å²) in [5.74, 6) is 0.253. The van der Waals surface area contributed by atoms with Crippen LogP contribution < -0.4 is 10.6 Å². The summed E-state index contributed by atoms with van der Waals surface area (Å²) >= 11 is 0. The Kier molecular flexibility index (Phi) is 4.46. The number of anilines is 1. The maximum Gasteiger partial charge on any atom is 0.319 e. The Morgan fingerprint density at radius 3 is 2.71 bits per heavy atom. The maximum atomic E-state index is 13.0. The fourth-order valence-electron chi connectivity index (χ4n) is 1.90. The van der Waals surface area contributed by atoms with Crippen LogP contribution in [-0.4, -0.2) is 25.8 Å². The summed E-state index contributed by atoms with van der Waals surface area (Å²) in [6.07, 6.45) is 3.87. The monoisotopic (exact) mass is 292 g/mol. The number of amides is 2. The highest BCUT2D eigenvalue weighted by molar-refractivity contribution is 5.89. The summed E-state index contributed by atoms with van der Waals surface area (Å²) < 4.78 is 14.6. The molecule has 7 nitrogen and oxygen atoms in total. The Bertz CT molecular complexity index is 627. The van der Waals surface area contributed by atoms with Crippen molar-refractivity contribution < 1.29 is 9.18 Å². The fraction of sp³-hybridized carbons (Fsp3) is 0.385. The van der Waals surface area contributed by atoms with Crippen molar-refractivity contribution in [3.8, 4) is 0 Å². The second-order valence-corrected chi connectivity index (χ2v) is 4.95. The predicted molar refractivity (Wildman–Crippen MR) is 74.9 cm³/mol. The fourth-order valence-corrected chi connectivity index (χ4v) is 1.90. The molecule has 1 atom stereocenters. The first-order valence-corrected chi connectivity index (χ1v) is 6.49. The Morgan fingerprint density at radius 2 is 2.14 bits per heavy atom. The molecular weight excluding hydrogens is 275 g/mol. The molecule has 0 aliphatic rings. The van der Waals surface area contributed by atoms with Gasteiger partial charge >= 0.3 is 6.03 Å². The first-order valence-electron chi connectivity index (χ1n) is 6.49. The van der Waals surface area contributed by atoms with Gasteiger partial charge in [0.15, 0.2) is 0 Å². The number of carbonyl (C=O) groups excluding carboxylic acids is 1. The summed E-state index contributed by atoms with van der Waals surface area (Å²) in [4.78, 5) is 19.8. The first kappa shape index (κ1) is 14.9. The van der Waals surface area contributed by atoms with Gasteiger partial charge in [-0.2, -0.15) is 5.10 Å². The van der Waals surface area contributed by atoms with Gasteiger partial charge in [-0.1, -0.05) is 13.8 Å². The quantitative estimate of drug-likeness (QED) is 0.901.